The molecular formula is C29H29F6N3O2S2. The zero-order valence-corrected chi connectivity index (χ0v) is 23.8. The molecule has 3 aromatic rings. The van der Waals surface area contributed by atoms with E-state index in [9.17, 15) is 34.8 Å². The lowest BCUT2D eigenvalue weighted by Gasteiger charge is -2.32. The van der Waals surface area contributed by atoms with E-state index in [4.69, 9.17) is 12.2 Å². The van der Waals surface area contributed by atoms with Crippen molar-refractivity contribution in [1.29, 1.82) is 0 Å². The minimum Gasteiger partial charge on any atom is -0.360 e. The van der Waals surface area contributed by atoms with E-state index in [-0.39, 0.29) is 29.4 Å². The standard InChI is InChI=1S/C29H29F6N3O2S2/c30-28(31,32)21-16-22(29(33,34)35)18-24(17-21)42(39,40)38-26(20-12-6-2-7-13-20)25(19-10-4-1-5-11-19)37-27(41)36-23-14-8-3-9-15-23/h1-2,4-7,10-13,16-18,23,25-26,38H,3,8-9,14-15H2,(H2,36,37,41)/t25-,26-/m1/s1. The van der Waals surface area contributed by atoms with Gasteiger partial charge in [-0.15, -0.1) is 0 Å². The quantitative estimate of drug-likeness (QED) is 0.181. The van der Waals surface area contributed by atoms with Gasteiger partial charge in [0.05, 0.1) is 28.1 Å². The molecule has 0 bridgehead atoms. The number of halogens is 6. The van der Waals surface area contributed by atoms with Crippen LogP contribution in [0.25, 0.3) is 0 Å². The molecule has 2 atom stereocenters. The minimum atomic E-state index is -5.21. The van der Waals surface area contributed by atoms with E-state index in [1.54, 1.807) is 60.7 Å². The third-order valence-corrected chi connectivity index (χ3v) is 8.69. The summed E-state index contributed by atoms with van der Waals surface area (Å²) in [6.45, 7) is 0. The summed E-state index contributed by atoms with van der Waals surface area (Å²) in [5.74, 6) is 0. The largest absolute Gasteiger partial charge is 0.416 e. The fourth-order valence-electron chi connectivity index (χ4n) is 4.94. The van der Waals surface area contributed by atoms with Crippen molar-refractivity contribution in [1.82, 2.24) is 15.4 Å². The Bertz CT molecular complexity index is 1430. The molecule has 5 nitrogen and oxygen atoms in total. The Balaban J connectivity index is 1.77. The van der Waals surface area contributed by atoms with E-state index in [0.717, 1.165) is 32.1 Å². The summed E-state index contributed by atoms with van der Waals surface area (Å²) in [5.41, 5.74) is -2.47. The van der Waals surface area contributed by atoms with Crippen LogP contribution in [0.2, 0.25) is 0 Å². The summed E-state index contributed by atoms with van der Waals surface area (Å²) in [7, 11) is -4.94. The van der Waals surface area contributed by atoms with Crippen LogP contribution in [-0.2, 0) is 22.4 Å². The number of hydrogen-bond acceptors (Lipinski definition) is 3. The molecule has 1 saturated carbocycles. The van der Waals surface area contributed by atoms with E-state index in [2.05, 4.69) is 15.4 Å². The number of nitrogens with one attached hydrogen (secondary N) is 3. The minimum absolute atomic E-state index is 0.114. The molecule has 3 N–H and O–H groups in total. The highest BCUT2D eigenvalue weighted by Crippen LogP contribution is 2.38. The molecule has 0 saturated heterocycles. The van der Waals surface area contributed by atoms with Crippen molar-refractivity contribution in [2.24, 2.45) is 0 Å². The second-order valence-electron chi connectivity index (χ2n) is 10.1. The lowest BCUT2D eigenvalue weighted by atomic mass is 9.94. The smallest absolute Gasteiger partial charge is 0.360 e. The van der Waals surface area contributed by atoms with Gasteiger partial charge in [0.25, 0.3) is 0 Å². The van der Waals surface area contributed by atoms with Gasteiger partial charge in [-0.25, -0.2) is 13.1 Å². The fourth-order valence-corrected chi connectivity index (χ4v) is 6.54. The first-order valence-corrected chi connectivity index (χ1v) is 15.1. The van der Waals surface area contributed by atoms with Crippen LogP contribution in [-0.4, -0.2) is 19.6 Å². The SMILES string of the molecule is O=S(=O)(N[C@H](c1ccccc1)[C@H](NC(=S)NC1CCCCC1)c1ccccc1)c1cc(C(F)(F)F)cc(C(F)(F)F)c1. The van der Waals surface area contributed by atoms with Crippen LogP contribution >= 0.6 is 12.2 Å². The van der Waals surface area contributed by atoms with E-state index >= 15 is 0 Å². The molecular weight excluding hydrogens is 600 g/mol. The van der Waals surface area contributed by atoms with Gasteiger partial charge in [0.2, 0.25) is 10.0 Å². The van der Waals surface area contributed by atoms with E-state index in [0.29, 0.717) is 11.1 Å². The summed E-state index contributed by atoms with van der Waals surface area (Å²) in [5, 5.41) is 6.66. The number of thiocarbonyl (C=S) groups is 1. The molecule has 0 radical (unpaired) electrons. The van der Waals surface area contributed by atoms with Gasteiger partial charge in [-0.05, 0) is 54.4 Å². The van der Waals surface area contributed by atoms with Crippen molar-refractivity contribution in [2.75, 3.05) is 0 Å². The molecule has 0 aromatic heterocycles. The molecule has 13 heteroatoms. The molecule has 0 aliphatic heterocycles. The first-order chi connectivity index (χ1) is 19.7. The van der Waals surface area contributed by atoms with Crippen LogP contribution < -0.4 is 15.4 Å². The zero-order valence-electron chi connectivity index (χ0n) is 22.2. The molecule has 0 spiro atoms. The van der Waals surface area contributed by atoms with E-state index in [1.165, 1.54) is 0 Å². The molecule has 42 heavy (non-hydrogen) atoms. The number of hydrogen-bond donors (Lipinski definition) is 3. The number of benzene rings is 3. The molecule has 1 fully saturated rings. The van der Waals surface area contributed by atoms with Gasteiger partial charge >= 0.3 is 12.4 Å². The highest BCUT2D eigenvalue weighted by atomic mass is 32.2. The molecule has 226 valence electrons. The van der Waals surface area contributed by atoms with Crippen LogP contribution in [0.3, 0.4) is 0 Å². The van der Waals surface area contributed by atoms with Gasteiger partial charge in [0.1, 0.15) is 0 Å². The van der Waals surface area contributed by atoms with Gasteiger partial charge in [0, 0.05) is 6.04 Å². The first-order valence-electron chi connectivity index (χ1n) is 13.2. The molecule has 1 aliphatic rings. The van der Waals surface area contributed by atoms with Crippen LogP contribution in [0.1, 0.15) is 66.4 Å². The Morgan fingerprint density at radius 2 is 1.21 bits per heavy atom. The monoisotopic (exact) mass is 629 g/mol. The summed E-state index contributed by atoms with van der Waals surface area (Å²) >= 11 is 5.58. The van der Waals surface area contributed by atoms with Crippen molar-refractivity contribution in [3.63, 3.8) is 0 Å². The van der Waals surface area contributed by atoms with E-state index < -0.39 is 50.5 Å². The predicted octanol–water partition coefficient (Wildman–Crippen LogP) is 7.28. The Hall–Kier alpha value is -3.16. The van der Waals surface area contributed by atoms with Gasteiger partial charge in [-0.2, -0.15) is 26.3 Å². The maximum absolute atomic E-state index is 13.6. The lowest BCUT2D eigenvalue weighted by molar-refractivity contribution is -0.143. The molecule has 0 amide bonds. The van der Waals surface area contributed by atoms with Gasteiger partial charge in [0.15, 0.2) is 5.11 Å². The van der Waals surface area contributed by atoms with Crippen molar-refractivity contribution in [3.8, 4) is 0 Å². The van der Waals surface area contributed by atoms with Crippen LogP contribution in [0.4, 0.5) is 26.3 Å². The van der Waals surface area contributed by atoms with Gasteiger partial charge in [-0.3, -0.25) is 0 Å². The number of sulfonamides is 1. The zero-order chi connectivity index (χ0) is 30.5. The molecule has 4 rings (SSSR count). The van der Waals surface area contributed by atoms with Crippen molar-refractivity contribution in [3.05, 3.63) is 101 Å². The van der Waals surface area contributed by atoms with Gasteiger partial charge < -0.3 is 10.6 Å². The second kappa shape index (κ2) is 13.0. The summed E-state index contributed by atoms with van der Waals surface area (Å²) in [6.07, 6.45) is -5.43. The highest BCUT2D eigenvalue weighted by molar-refractivity contribution is 7.89. The molecule has 0 unspecified atom stereocenters. The van der Waals surface area contributed by atoms with Crippen molar-refractivity contribution < 1.29 is 34.8 Å². The predicted molar refractivity (Wildman–Crippen MR) is 151 cm³/mol. The summed E-state index contributed by atoms with van der Waals surface area (Å²) in [4.78, 5) is -1.17. The molecule has 3 aromatic carbocycles. The average molecular weight is 630 g/mol. The number of rotatable bonds is 8. The average Bonchev–Trinajstić information content (AvgIpc) is 2.95. The topological polar surface area (TPSA) is 70.2 Å². The van der Waals surface area contributed by atoms with Crippen molar-refractivity contribution in [2.45, 2.75) is 67.5 Å². The van der Waals surface area contributed by atoms with Gasteiger partial charge in [-0.1, -0.05) is 79.9 Å². The maximum atomic E-state index is 13.6. The lowest BCUT2D eigenvalue weighted by Crippen LogP contribution is -2.47. The summed E-state index contributed by atoms with van der Waals surface area (Å²) in [6, 6.07) is 15.1. The second-order valence-corrected chi connectivity index (χ2v) is 12.2. The molecule has 1 aliphatic carbocycles. The highest BCUT2D eigenvalue weighted by Gasteiger charge is 2.39. The van der Waals surface area contributed by atoms with Crippen LogP contribution in [0.5, 0.6) is 0 Å². The van der Waals surface area contributed by atoms with Crippen LogP contribution in [0.15, 0.2) is 83.8 Å². The Morgan fingerprint density at radius 1 is 0.738 bits per heavy atom. The fraction of sp³-hybridized carbons (Fsp3) is 0.345. The Kier molecular flexibility index (Phi) is 9.84. The normalized spacial score (nSPS) is 16.4. The first kappa shape index (κ1) is 31.8. The molecule has 0 heterocycles. The van der Waals surface area contributed by atoms with E-state index in [1.807, 2.05) is 0 Å². The maximum Gasteiger partial charge on any atom is 0.416 e. The Morgan fingerprint density at radius 3 is 1.69 bits per heavy atom. The third kappa shape index (κ3) is 8.23. The Labute approximate surface area is 245 Å². The summed E-state index contributed by atoms with van der Waals surface area (Å²) < 4.78 is 111. The van der Waals surface area contributed by atoms with Crippen molar-refractivity contribution >= 4 is 27.4 Å². The van der Waals surface area contributed by atoms with Crippen LogP contribution in [0, 0.1) is 0 Å². The third-order valence-electron chi connectivity index (χ3n) is 7.03. The number of alkyl halides is 6.